The van der Waals surface area contributed by atoms with Gasteiger partial charge in [0.15, 0.2) is 0 Å². The number of carbonyl (C=O) groups excluding carboxylic acids is 1. The molecular weight excluding hydrogens is 365 g/mol. The zero-order valence-electron chi connectivity index (χ0n) is 13.7. The van der Waals surface area contributed by atoms with Crippen molar-refractivity contribution in [2.24, 2.45) is 5.92 Å². The van der Waals surface area contributed by atoms with Crippen LogP contribution in [-0.4, -0.2) is 5.91 Å². The number of rotatable bonds is 4. The van der Waals surface area contributed by atoms with Crippen LogP contribution in [0.15, 0.2) is 78.9 Å². The van der Waals surface area contributed by atoms with E-state index in [1.165, 1.54) is 0 Å². The van der Waals surface area contributed by atoms with E-state index in [-0.39, 0.29) is 11.8 Å². The summed E-state index contributed by atoms with van der Waals surface area (Å²) < 4.78 is 0. The molecule has 3 aromatic carbocycles. The molecule has 0 aliphatic heterocycles. The summed E-state index contributed by atoms with van der Waals surface area (Å²) in [5.41, 5.74) is 4.90. The van der Waals surface area contributed by atoms with Gasteiger partial charge in [-0.25, -0.2) is 0 Å². The second kappa shape index (κ2) is 6.99. The van der Waals surface area contributed by atoms with Crippen LogP contribution < -0.4 is 5.32 Å². The molecule has 0 unspecified atom stereocenters. The molecule has 1 aliphatic carbocycles. The van der Waals surface area contributed by atoms with Gasteiger partial charge >= 0.3 is 0 Å². The molecule has 0 heterocycles. The molecule has 0 aromatic heterocycles. The van der Waals surface area contributed by atoms with E-state index in [4.69, 9.17) is 23.2 Å². The van der Waals surface area contributed by atoms with Crippen LogP contribution in [0, 0.1) is 5.92 Å². The first-order valence-electron chi connectivity index (χ1n) is 8.26. The summed E-state index contributed by atoms with van der Waals surface area (Å²) in [5.74, 6) is -0.338. The van der Waals surface area contributed by atoms with Crippen molar-refractivity contribution in [2.75, 3.05) is 5.32 Å². The minimum absolute atomic E-state index is 0.0684. The van der Waals surface area contributed by atoms with Gasteiger partial charge < -0.3 is 5.32 Å². The third-order valence-electron chi connectivity index (χ3n) is 4.40. The lowest BCUT2D eigenvalue weighted by Gasteiger charge is -2.07. The number of hydrogen-bond donors (Lipinski definition) is 1. The Morgan fingerprint density at radius 2 is 1.27 bits per heavy atom. The van der Waals surface area contributed by atoms with E-state index in [1.807, 2.05) is 60.7 Å². The molecule has 1 amide bonds. The SMILES string of the molecule is O=C(Nc1ccc(Cl)c(Cl)c1)C1C(c2ccccc2)=C1c1ccccc1. The van der Waals surface area contributed by atoms with Crippen LogP contribution in [0.4, 0.5) is 5.69 Å². The highest BCUT2D eigenvalue weighted by Crippen LogP contribution is 2.53. The number of carbonyl (C=O) groups is 1. The van der Waals surface area contributed by atoms with E-state index in [0.29, 0.717) is 15.7 Å². The minimum Gasteiger partial charge on any atom is -0.325 e. The smallest absolute Gasteiger partial charge is 0.236 e. The molecule has 0 bridgehead atoms. The molecule has 1 aliphatic rings. The van der Waals surface area contributed by atoms with E-state index in [0.717, 1.165) is 22.3 Å². The van der Waals surface area contributed by atoms with Gasteiger partial charge in [0.1, 0.15) is 0 Å². The standard InChI is InChI=1S/C22H15Cl2NO/c23-17-12-11-16(13-18(17)24)25-22(26)21-19(14-7-3-1-4-8-14)20(21)15-9-5-2-6-10-15/h1-13,21H,(H,25,26). The summed E-state index contributed by atoms with van der Waals surface area (Å²) in [6, 6.07) is 25.1. The Balaban J connectivity index is 1.63. The maximum absolute atomic E-state index is 12.9. The molecule has 26 heavy (non-hydrogen) atoms. The Labute approximate surface area is 162 Å². The topological polar surface area (TPSA) is 29.1 Å². The fourth-order valence-corrected chi connectivity index (χ4v) is 3.45. The maximum Gasteiger partial charge on any atom is 0.236 e. The molecule has 4 heteroatoms. The predicted octanol–water partition coefficient (Wildman–Crippen LogP) is 6.17. The van der Waals surface area contributed by atoms with Crippen molar-refractivity contribution in [3.63, 3.8) is 0 Å². The van der Waals surface area contributed by atoms with Crippen LogP contribution in [0.25, 0.3) is 11.1 Å². The van der Waals surface area contributed by atoms with Crippen molar-refractivity contribution in [1.29, 1.82) is 0 Å². The van der Waals surface area contributed by atoms with Gasteiger partial charge in [0, 0.05) is 5.69 Å². The Morgan fingerprint density at radius 1 is 0.731 bits per heavy atom. The zero-order valence-corrected chi connectivity index (χ0v) is 15.3. The first-order valence-corrected chi connectivity index (χ1v) is 9.01. The van der Waals surface area contributed by atoms with Crippen molar-refractivity contribution in [3.05, 3.63) is 100 Å². The lowest BCUT2D eigenvalue weighted by molar-refractivity contribution is -0.116. The predicted molar refractivity (Wildman–Crippen MR) is 108 cm³/mol. The summed E-state index contributed by atoms with van der Waals surface area (Å²) >= 11 is 12.0. The lowest BCUT2D eigenvalue weighted by Crippen LogP contribution is -2.16. The third kappa shape index (κ3) is 3.26. The minimum atomic E-state index is -0.269. The average Bonchev–Trinajstić information content (AvgIpc) is 3.42. The highest BCUT2D eigenvalue weighted by atomic mass is 35.5. The number of anilines is 1. The molecule has 0 radical (unpaired) electrons. The van der Waals surface area contributed by atoms with Crippen LogP contribution in [0.3, 0.4) is 0 Å². The van der Waals surface area contributed by atoms with Gasteiger partial charge in [-0.3, -0.25) is 4.79 Å². The van der Waals surface area contributed by atoms with Crippen molar-refractivity contribution in [2.45, 2.75) is 0 Å². The van der Waals surface area contributed by atoms with E-state index in [1.54, 1.807) is 18.2 Å². The number of hydrogen-bond acceptors (Lipinski definition) is 1. The molecular formula is C22H15Cl2NO. The fourth-order valence-electron chi connectivity index (χ4n) is 3.15. The normalized spacial score (nSPS) is 13.6. The summed E-state index contributed by atoms with van der Waals surface area (Å²) in [6.07, 6.45) is 0. The highest BCUT2D eigenvalue weighted by molar-refractivity contribution is 6.42. The van der Waals surface area contributed by atoms with Gasteiger partial charge in [0.05, 0.1) is 16.0 Å². The lowest BCUT2D eigenvalue weighted by atomic mass is 10.1. The monoisotopic (exact) mass is 379 g/mol. The summed E-state index contributed by atoms with van der Waals surface area (Å²) in [6.45, 7) is 0. The Kier molecular flexibility index (Phi) is 4.54. The van der Waals surface area contributed by atoms with Crippen molar-refractivity contribution >= 4 is 45.9 Å². The first kappa shape index (κ1) is 16.9. The van der Waals surface area contributed by atoms with Crippen molar-refractivity contribution in [1.82, 2.24) is 0 Å². The van der Waals surface area contributed by atoms with Crippen LogP contribution in [0.2, 0.25) is 10.0 Å². The van der Waals surface area contributed by atoms with Crippen LogP contribution in [0.1, 0.15) is 11.1 Å². The quantitative estimate of drug-likeness (QED) is 0.576. The molecule has 0 fully saturated rings. The second-order valence-corrected chi connectivity index (χ2v) is 6.92. The zero-order chi connectivity index (χ0) is 18.1. The van der Waals surface area contributed by atoms with Gasteiger partial charge in [-0.2, -0.15) is 0 Å². The molecule has 0 atom stereocenters. The van der Waals surface area contributed by atoms with Crippen LogP contribution in [0.5, 0.6) is 0 Å². The van der Waals surface area contributed by atoms with Crippen molar-refractivity contribution < 1.29 is 4.79 Å². The van der Waals surface area contributed by atoms with E-state index >= 15 is 0 Å². The van der Waals surface area contributed by atoms with E-state index in [9.17, 15) is 4.79 Å². The van der Waals surface area contributed by atoms with Gasteiger partial charge in [-0.05, 0) is 40.5 Å². The molecule has 4 rings (SSSR count). The number of halogens is 2. The third-order valence-corrected chi connectivity index (χ3v) is 5.14. The molecule has 0 spiro atoms. The molecule has 1 N–H and O–H groups in total. The molecule has 3 aromatic rings. The summed E-state index contributed by atoms with van der Waals surface area (Å²) in [4.78, 5) is 12.9. The van der Waals surface area contributed by atoms with Gasteiger partial charge in [-0.15, -0.1) is 0 Å². The first-order chi connectivity index (χ1) is 12.6. The number of nitrogens with one attached hydrogen (secondary N) is 1. The van der Waals surface area contributed by atoms with Crippen molar-refractivity contribution in [3.8, 4) is 0 Å². The van der Waals surface area contributed by atoms with Gasteiger partial charge in [-0.1, -0.05) is 83.9 Å². The average molecular weight is 380 g/mol. The summed E-state index contributed by atoms with van der Waals surface area (Å²) in [5, 5.41) is 3.83. The largest absolute Gasteiger partial charge is 0.325 e. The van der Waals surface area contributed by atoms with Crippen LogP contribution in [-0.2, 0) is 4.79 Å². The molecule has 0 saturated heterocycles. The molecule has 128 valence electrons. The Hall–Kier alpha value is -2.55. The van der Waals surface area contributed by atoms with Crippen LogP contribution >= 0.6 is 23.2 Å². The number of amides is 1. The van der Waals surface area contributed by atoms with Gasteiger partial charge in [0.2, 0.25) is 5.91 Å². The maximum atomic E-state index is 12.9. The fraction of sp³-hybridized carbons (Fsp3) is 0.0455. The van der Waals surface area contributed by atoms with Gasteiger partial charge in [0.25, 0.3) is 0 Å². The number of benzene rings is 3. The molecule has 0 saturated carbocycles. The second-order valence-electron chi connectivity index (χ2n) is 6.11. The summed E-state index contributed by atoms with van der Waals surface area (Å²) in [7, 11) is 0. The molecule has 2 nitrogen and oxygen atoms in total. The van der Waals surface area contributed by atoms with E-state index < -0.39 is 0 Å². The highest BCUT2D eigenvalue weighted by Gasteiger charge is 2.43. The van der Waals surface area contributed by atoms with E-state index in [2.05, 4.69) is 5.32 Å². The Morgan fingerprint density at radius 3 is 1.77 bits per heavy atom. The Bertz CT molecular complexity index is 948.